The summed E-state index contributed by atoms with van der Waals surface area (Å²) in [5.41, 5.74) is 2.14. The van der Waals surface area contributed by atoms with E-state index in [0.717, 1.165) is 29.4 Å². The fraction of sp³-hybridized carbons (Fsp3) is 0.312. The highest BCUT2D eigenvalue weighted by atomic mass is 79.9. The second kappa shape index (κ2) is 7.50. The molecule has 2 rings (SSSR count). The molecule has 0 aliphatic carbocycles. The number of nitrogens with one attached hydrogen (secondary N) is 1. The maximum atomic E-state index is 13.5. The maximum absolute atomic E-state index is 13.5. The number of hydrogen-bond donors (Lipinski definition) is 1. The predicted molar refractivity (Wildman–Crippen MR) is 83.1 cm³/mol. The van der Waals surface area contributed by atoms with Gasteiger partial charge in [-0.1, -0.05) is 22.9 Å². The lowest BCUT2D eigenvalue weighted by Gasteiger charge is -2.20. The van der Waals surface area contributed by atoms with Crippen LogP contribution in [0.1, 0.15) is 30.5 Å². The van der Waals surface area contributed by atoms with Crippen molar-refractivity contribution in [2.24, 2.45) is 0 Å². The monoisotopic (exact) mass is 336 g/mol. The molecule has 1 aromatic carbocycles. The van der Waals surface area contributed by atoms with Gasteiger partial charge in [-0.2, -0.15) is 0 Å². The number of pyridine rings is 1. The van der Waals surface area contributed by atoms with Crippen LogP contribution in [-0.2, 0) is 6.42 Å². The first-order valence-corrected chi connectivity index (χ1v) is 7.57. The lowest BCUT2D eigenvalue weighted by atomic mass is 9.99. The third-order valence-corrected chi connectivity index (χ3v) is 3.89. The SMILES string of the molecule is CCCNC(Cc1ccncc1)c1cc(F)ccc1Br. The van der Waals surface area contributed by atoms with E-state index < -0.39 is 0 Å². The fourth-order valence-electron chi connectivity index (χ4n) is 2.15. The van der Waals surface area contributed by atoms with Crippen LogP contribution in [0.25, 0.3) is 0 Å². The molecule has 1 N–H and O–H groups in total. The summed E-state index contributed by atoms with van der Waals surface area (Å²) in [5, 5.41) is 3.49. The Hall–Kier alpha value is -1.26. The molecule has 0 amide bonds. The topological polar surface area (TPSA) is 24.9 Å². The number of benzene rings is 1. The van der Waals surface area contributed by atoms with Crippen LogP contribution in [0.3, 0.4) is 0 Å². The molecule has 1 unspecified atom stereocenters. The van der Waals surface area contributed by atoms with E-state index in [1.54, 1.807) is 24.5 Å². The van der Waals surface area contributed by atoms with Gasteiger partial charge in [0.25, 0.3) is 0 Å². The first kappa shape index (κ1) is 15.1. The molecule has 0 aliphatic heterocycles. The van der Waals surface area contributed by atoms with Crippen LogP contribution in [0.15, 0.2) is 47.2 Å². The summed E-state index contributed by atoms with van der Waals surface area (Å²) in [5.74, 6) is -0.207. The quantitative estimate of drug-likeness (QED) is 0.852. The van der Waals surface area contributed by atoms with Crippen molar-refractivity contribution in [3.63, 3.8) is 0 Å². The van der Waals surface area contributed by atoms with Crippen molar-refractivity contribution in [2.75, 3.05) is 6.54 Å². The summed E-state index contributed by atoms with van der Waals surface area (Å²) in [7, 11) is 0. The summed E-state index contributed by atoms with van der Waals surface area (Å²) in [6.07, 6.45) is 5.42. The van der Waals surface area contributed by atoms with E-state index in [4.69, 9.17) is 0 Å². The molecule has 0 saturated carbocycles. The van der Waals surface area contributed by atoms with Crippen molar-refractivity contribution >= 4 is 15.9 Å². The number of nitrogens with zero attached hydrogens (tertiary/aromatic N) is 1. The molecule has 0 spiro atoms. The zero-order chi connectivity index (χ0) is 14.4. The number of rotatable bonds is 6. The highest BCUT2D eigenvalue weighted by Gasteiger charge is 2.15. The molecule has 1 atom stereocenters. The first-order chi connectivity index (χ1) is 9.70. The Bertz CT molecular complexity index is 545. The zero-order valence-electron chi connectivity index (χ0n) is 11.4. The lowest BCUT2D eigenvalue weighted by Crippen LogP contribution is -2.24. The van der Waals surface area contributed by atoms with Gasteiger partial charge in [0.1, 0.15) is 5.82 Å². The highest BCUT2D eigenvalue weighted by Crippen LogP contribution is 2.27. The van der Waals surface area contributed by atoms with Crippen LogP contribution in [-0.4, -0.2) is 11.5 Å². The summed E-state index contributed by atoms with van der Waals surface area (Å²) in [6.45, 7) is 3.02. The van der Waals surface area contributed by atoms with Gasteiger partial charge in [-0.3, -0.25) is 4.98 Å². The molecule has 1 aromatic heterocycles. The second-order valence-corrected chi connectivity index (χ2v) is 5.59. The molecule has 0 aliphatic rings. The molecule has 0 radical (unpaired) electrons. The first-order valence-electron chi connectivity index (χ1n) is 6.78. The molecular weight excluding hydrogens is 319 g/mol. The van der Waals surface area contributed by atoms with Gasteiger partial charge in [-0.05, 0) is 60.8 Å². The van der Waals surface area contributed by atoms with E-state index >= 15 is 0 Å². The van der Waals surface area contributed by atoms with Crippen LogP contribution < -0.4 is 5.32 Å². The van der Waals surface area contributed by atoms with Crippen molar-refractivity contribution in [1.29, 1.82) is 0 Å². The van der Waals surface area contributed by atoms with E-state index in [-0.39, 0.29) is 11.9 Å². The van der Waals surface area contributed by atoms with E-state index in [9.17, 15) is 4.39 Å². The minimum Gasteiger partial charge on any atom is -0.310 e. The largest absolute Gasteiger partial charge is 0.310 e. The Kier molecular flexibility index (Phi) is 5.68. The average molecular weight is 337 g/mol. The minimum atomic E-state index is -0.207. The molecule has 0 fully saturated rings. The van der Waals surface area contributed by atoms with Crippen molar-refractivity contribution in [2.45, 2.75) is 25.8 Å². The summed E-state index contributed by atoms with van der Waals surface area (Å²) < 4.78 is 14.4. The summed E-state index contributed by atoms with van der Waals surface area (Å²) in [4.78, 5) is 4.03. The van der Waals surface area contributed by atoms with Gasteiger partial charge in [-0.25, -0.2) is 4.39 Å². The second-order valence-electron chi connectivity index (χ2n) is 4.73. The van der Waals surface area contributed by atoms with E-state index in [1.807, 2.05) is 12.1 Å². The Labute approximate surface area is 127 Å². The normalized spacial score (nSPS) is 12.3. The summed E-state index contributed by atoms with van der Waals surface area (Å²) in [6, 6.07) is 8.90. The van der Waals surface area contributed by atoms with Crippen molar-refractivity contribution in [3.05, 3.63) is 64.1 Å². The van der Waals surface area contributed by atoms with Gasteiger partial charge in [0, 0.05) is 22.9 Å². The Morgan fingerprint density at radius 2 is 2.00 bits per heavy atom. The molecule has 0 saturated heterocycles. The van der Waals surface area contributed by atoms with Crippen LogP contribution in [0.4, 0.5) is 4.39 Å². The van der Waals surface area contributed by atoms with E-state index in [1.165, 1.54) is 11.6 Å². The molecule has 106 valence electrons. The fourth-order valence-corrected chi connectivity index (χ4v) is 2.67. The molecule has 4 heteroatoms. The predicted octanol–water partition coefficient (Wildman–Crippen LogP) is 4.27. The summed E-state index contributed by atoms with van der Waals surface area (Å²) >= 11 is 3.52. The Balaban J connectivity index is 2.24. The maximum Gasteiger partial charge on any atom is 0.123 e. The van der Waals surface area contributed by atoms with E-state index in [0.29, 0.717) is 0 Å². The molecule has 1 heterocycles. The standard InChI is InChI=1S/C16H18BrFN2/c1-2-7-20-16(10-12-5-8-19-9-6-12)14-11-13(18)3-4-15(14)17/h3-6,8-9,11,16,20H,2,7,10H2,1H3. The van der Waals surface area contributed by atoms with Crippen molar-refractivity contribution in [1.82, 2.24) is 10.3 Å². The molecule has 2 aromatic rings. The third kappa shape index (κ3) is 4.12. The third-order valence-electron chi connectivity index (χ3n) is 3.16. The van der Waals surface area contributed by atoms with E-state index in [2.05, 4.69) is 33.2 Å². The average Bonchev–Trinajstić information content (AvgIpc) is 2.47. The number of aromatic nitrogens is 1. The smallest absolute Gasteiger partial charge is 0.123 e. The van der Waals surface area contributed by atoms with Crippen LogP contribution >= 0.6 is 15.9 Å². The highest BCUT2D eigenvalue weighted by molar-refractivity contribution is 9.10. The number of halogens is 2. The zero-order valence-corrected chi connectivity index (χ0v) is 13.0. The van der Waals surface area contributed by atoms with Crippen LogP contribution in [0.5, 0.6) is 0 Å². The van der Waals surface area contributed by atoms with Gasteiger partial charge < -0.3 is 5.32 Å². The molecule has 2 nitrogen and oxygen atoms in total. The van der Waals surface area contributed by atoms with Crippen molar-refractivity contribution in [3.8, 4) is 0 Å². The Morgan fingerprint density at radius 3 is 2.70 bits per heavy atom. The van der Waals surface area contributed by atoms with Crippen LogP contribution in [0, 0.1) is 5.82 Å². The van der Waals surface area contributed by atoms with Crippen LogP contribution in [0.2, 0.25) is 0 Å². The number of hydrogen-bond acceptors (Lipinski definition) is 2. The van der Waals surface area contributed by atoms with Gasteiger partial charge >= 0.3 is 0 Å². The molecular formula is C16H18BrFN2. The van der Waals surface area contributed by atoms with Gasteiger partial charge in [0.05, 0.1) is 0 Å². The van der Waals surface area contributed by atoms with Gasteiger partial charge in [0.2, 0.25) is 0 Å². The minimum absolute atomic E-state index is 0.0856. The van der Waals surface area contributed by atoms with Crippen molar-refractivity contribution < 1.29 is 4.39 Å². The lowest BCUT2D eigenvalue weighted by molar-refractivity contribution is 0.522. The molecule has 20 heavy (non-hydrogen) atoms. The molecule has 0 bridgehead atoms. The van der Waals surface area contributed by atoms with Gasteiger partial charge in [0.15, 0.2) is 0 Å². The Morgan fingerprint density at radius 1 is 1.25 bits per heavy atom. The van der Waals surface area contributed by atoms with Gasteiger partial charge in [-0.15, -0.1) is 0 Å².